The lowest BCUT2D eigenvalue weighted by molar-refractivity contribution is 0.204. The molecule has 0 radical (unpaired) electrons. The fourth-order valence-electron chi connectivity index (χ4n) is 4.29. The van der Waals surface area contributed by atoms with Crippen LogP contribution in [0.15, 0.2) is 30.9 Å². The molecule has 5 rings (SSSR count). The number of anilines is 1. The third-order valence-corrected chi connectivity index (χ3v) is 6.07. The van der Waals surface area contributed by atoms with Gasteiger partial charge in [-0.1, -0.05) is 0 Å². The van der Waals surface area contributed by atoms with Crippen molar-refractivity contribution in [2.24, 2.45) is 7.05 Å². The first-order valence-corrected chi connectivity index (χ1v) is 10.5. The number of nitrogens with zero attached hydrogens (tertiary/aromatic N) is 7. The minimum Gasteiger partial charge on any atom is -0.474 e. The number of fused-ring (bicyclic) bond motifs is 1. The highest BCUT2D eigenvalue weighted by molar-refractivity contribution is 5.86. The van der Waals surface area contributed by atoms with Crippen molar-refractivity contribution in [1.82, 2.24) is 29.6 Å². The summed E-state index contributed by atoms with van der Waals surface area (Å²) in [5, 5.41) is 9.19. The van der Waals surface area contributed by atoms with Crippen molar-refractivity contribution in [3.05, 3.63) is 36.7 Å². The lowest BCUT2D eigenvalue weighted by atomic mass is 10.2. The van der Waals surface area contributed by atoms with E-state index in [-0.39, 0.29) is 0 Å². The average molecular weight is 393 g/mol. The Kier molecular flexibility index (Phi) is 5.01. The van der Waals surface area contributed by atoms with Crippen LogP contribution in [0.25, 0.3) is 10.9 Å². The van der Waals surface area contributed by atoms with Gasteiger partial charge in [-0.05, 0) is 43.9 Å². The van der Waals surface area contributed by atoms with Crippen LogP contribution in [0.5, 0.6) is 5.88 Å². The molecular weight excluding hydrogens is 366 g/mol. The SMILES string of the molecule is Cn1cnnc1CN1CCN(c2ccc3ncnc(OC4CCCC4)c3c2)CC1. The van der Waals surface area contributed by atoms with Crippen LogP contribution in [0.1, 0.15) is 31.5 Å². The molecule has 1 aromatic carbocycles. The van der Waals surface area contributed by atoms with E-state index < -0.39 is 0 Å². The summed E-state index contributed by atoms with van der Waals surface area (Å²) in [6.07, 6.45) is 8.40. The van der Waals surface area contributed by atoms with Crippen molar-refractivity contribution in [3.8, 4) is 5.88 Å². The summed E-state index contributed by atoms with van der Waals surface area (Å²) in [5.41, 5.74) is 2.15. The average Bonchev–Trinajstić information content (AvgIpc) is 3.41. The van der Waals surface area contributed by atoms with Crippen LogP contribution in [0.2, 0.25) is 0 Å². The van der Waals surface area contributed by atoms with Crippen LogP contribution in [0.3, 0.4) is 0 Å². The van der Waals surface area contributed by atoms with Crippen LogP contribution in [0.4, 0.5) is 5.69 Å². The zero-order chi connectivity index (χ0) is 19.6. The lowest BCUT2D eigenvalue weighted by Gasteiger charge is -2.35. The fourth-order valence-corrected chi connectivity index (χ4v) is 4.29. The summed E-state index contributed by atoms with van der Waals surface area (Å²) in [5.74, 6) is 1.74. The van der Waals surface area contributed by atoms with E-state index in [1.165, 1.54) is 18.5 Å². The molecule has 2 aliphatic rings. The number of rotatable bonds is 5. The van der Waals surface area contributed by atoms with E-state index in [9.17, 15) is 0 Å². The quantitative estimate of drug-likeness (QED) is 0.659. The van der Waals surface area contributed by atoms with Crippen LogP contribution in [-0.2, 0) is 13.6 Å². The van der Waals surface area contributed by atoms with Gasteiger partial charge in [-0.25, -0.2) is 9.97 Å². The number of hydrogen-bond donors (Lipinski definition) is 0. The standard InChI is InChI=1S/C21H27N7O/c1-26-15-24-25-20(26)13-27-8-10-28(11-9-27)16-6-7-19-18(12-16)21(23-14-22-19)29-17-4-2-3-5-17/h6-7,12,14-15,17H,2-5,8-11,13H2,1H3. The Labute approximate surface area is 170 Å². The van der Waals surface area contributed by atoms with E-state index in [2.05, 4.69) is 48.2 Å². The topological polar surface area (TPSA) is 72.2 Å². The van der Waals surface area contributed by atoms with Gasteiger partial charge in [-0.2, -0.15) is 0 Å². The Bertz CT molecular complexity index is 974. The molecular formula is C21H27N7O. The van der Waals surface area contributed by atoms with Gasteiger partial charge in [0.05, 0.1) is 17.4 Å². The maximum absolute atomic E-state index is 6.22. The Morgan fingerprint density at radius 2 is 1.90 bits per heavy atom. The lowest BCUT2D eigenvalue weighted by Crippen LogP contribution is -2.46. The van der Waals surface area contributed by atoms with Crippen LogP contribution in [0, 0.1) is 0 Å². The van der Waals surface area contributed by atoms with Crippen molar-refractivity contribution >= 4 is 16.6 Å². The Balaban J connectivity index is 1.29. The second kappa shape index (κ2) is 7.94. The highest BCUT2D eigenvalue weighted by Crippen LogP contribution is 2.30. The summed E-state index contributed by atoms with van der Waals surface area (Å²) in [7, 11) is 1.99. The fraction of sp³-hybridized carbons (Fsp3) is 0.524. The molecule has 2 fully saturated rings. The minimum absolute atomic E-state index is 0.293. The molecule has 29 heavy (non-hydrogen) atoms. The summed E-state index contributed by atoms with van der Waals surface area (Å²) in [6, 6.07) is 6.44. The van der Waals surface area contributed by atoms with Gasteiger partial charge in [-0.15, -0.1) is 10.2 Å². The Morgan fingerprint density at radius 3 is 2.66 bits per heavy atom. The van der Waals surface area contributed by atoms with Crippen molar-refractivity contribution < 1.29 is 4.74 Å². The molecule has 152 valence electrons. The number of aromatic nitrogens is 5. The van der Waals surface area contributed by atoms with E-state index >= 15 is 0 Å². The zero-order valence-corrected chi connectivity index (χ0v) is 16.9. The highest BCUT2D eigenvalue weighted by atomic mass is 16.5. The first-order valence-electron chi connectivity index (χ1n) is 10.5. The predicted octanol–water partition coefficient (Wildman–Crippen LogP) is 2.40. The third-order valence-electron chi connectivity index (χ3n) is 6.07. The molecule has 0 amide bonds. The number of hydrogen-bond acceptors (Lipinski definition) is 7. The molecule has 3 aromatic rings. The first kappa shape index (κ1) is 18.3. The molecule has 1 saturated heterocycles. The van der Waals surface area contributed by atoms with Gasteiger partial charge in [-0.3, -0.25) is 4.90 Å². The van der Waals surface area contributed by atoms with Gasteiger partial charge in [0.25, 0.3) is 0 Å². The van der Waals surface area contributed by atoms with Gasteiger partial charge in [0.15, 0.2) is 0 Å². The monoisotopic (exact) mass is 393 g/mol. The molecule has 0 spiro atoms. The van der Waals surface area contributed by atoms with Crippen LogP contribution >= 0.6 is 0 Å². The predicted molar refractivity (Wildman–Crippen MR) is 111 cm³/mol. The van der Waals surface area contributed by atoms with Gasteiger partial charge < -0.3 is 14.2 Å². The van der Waals surface area contributed by atoms with Crippen LogP contribution in [-0.4, -0.2) is 61.9 Å². The molecule has 1 saturated carbocycles. The maximum atomic E-state index is 6.22. The minimum atomic E-state index is 0.293. The molecule has 0 unspecified atom stereocenters. The van der Waals surface area contributed by atoms with E-state index in [1.807, 2.05) is 11.6 Å². The molecule has 2 aromatic heterocycles. The maximum Gasteiger partial charge on any atom is 0.224 e. The summed E-state index contributed by atoms with van der Waals surface area (Å²) in [4.78, 5) is 13.7. The smallest absolute Gasteiger partial charge is 0.224 e. The second-order valence-corrected chi connectivity index (χ2v) is 8.03. The van der Waals surface area contributed by atoms with Crippen molar-refractivity contribution in [3.63, 3.8) is 0 Å². The Morgan fingerprint density at radius 1 is 1.07 bits per heavy atom. The van der Waals surface area contributed by atoms with Gasteiger partial charge in [0.1, 0.15) is 24.6 Å². The van der Waals surface area contributed by atoms with E-state index in [0.29, 0.717) is 6.10 Å². The molecule has 0 atom stereocenters. The number of ether oxygens (including phenoxy) is 1. The molecule has 1 aliphatic carbocycles. The van der Waals surface area contributed by atoms with E-state index in [1.54, 1.807) is 12.7 Å². The van der Waals surface area contributed by atoms with Crippen LogP contribution < -0.4 is 9.64 Å². The highest BCUT2D eigenvalue weighted by Gasteiger charge is 2.21. The zero-order valence-electron chi connectivity index (χ0n) is 16.9. The molecule has 8 heteroatoms. The molecule has 1 aliphatic heterocycles. The third kappa shape index (κ3) is 3.89. The Hall–Kier alpha value is -2.74. The van der Waals surface area contributed by atoms with E-state index in [4.69, 9.17) is 4.74 Å². The van der Waals surface area contributed by atoms with Crippen molar-refractivity contribution in [1.29, 1.82) is 0 Å². The summed E-state index contributed by atoms with van der Waals surface area (Å²) < 4.78 is 8.21. The molecule has 0 bridgehead atoms. The summed E-state index contributed by atoms with van der Waals surface area (Å²) >= 11 is 0. The van der Waals surface area contributed by atoms with E-state index in [0.717, 1.165) is 68.2 Å². The largest absolute Gasteiger partial charge is 0.474 e. The molecule has 3 heterocycles. The summed E-state index contributed by atoms with van der Waals surface area (Å²) in [6.45, 7) is 4.81. The second-order valence-electron chi connectivity index (χ2n) is 8.03. The van der Waals surface area contributed by atoms with Crippen molar-refractivity contribution in [2.45, 2.75) is 38.3 Å². The van der Waals surface area contributed by atoms with Gasteiger partial charge >= 0.3 is 0 Å². The van der Waals surface area contributed by atoms with Gasteiger partial charge in [0.2, 0.25) is 5.88 Å². The first-order chi connectivity index (χ1) is 14.3. The molecule has 0 N–H and O–H groups in total. The van der Waals surface area contributed by atoms with Crippen molar-refractivity contribution in [2.75, 3.05) is 31.1 Å². The number of piperazine rings is 1. The normalized spacial score (nSPS) is 18.6. The van der Waals surface area contributed by atoms with Gasteiger partial charge in [0, 0.05) is 38.9 Å². The molecule has 8 nitrogen and oxygen atoms in total. The number of benzene rings is 1. The number of aryl methyl sites for hydroxylation is 1.